The van der Waals surface area contributed by atoms with Crippen molar-refractivity contribution in [1.29, 1.82) is 0 Å². The van der Waals surface area contributed by atoms with Crippen LogP contribution in [0.1, 0.15) is 36.6 Å². The highest BCUT2D eigenvalue weighted by atomic mass is 16.5. The molecule has 0 aliphatic carbocycles. The second-order valence-corrected chi connectivity index (χ2v) is 11.0. The first-order valence-electron chi connectivity index (χ1n) is 14.9. The van der Waals surface area contributed by atoms with Gasteiger partial charge in [0.1, 0.15) is 11.9 Å². The number of hydrogen-bond acceptors (Lipinski definition) is 7. The summed E-state index contributed by atoms with van der Waals surface area (Å²) in [6.45, 7) is 5.91. The van der Waals surface area contributed by atoms with Crippen LogP contribution in [0.4, 0.5) is 11.4 Å². The van der Waals surface area contributed by atoms with Crippen molar-refractivity contribution >= 4 is 28.6 Å². The third-order valence-electron chi connectivity index (χ3n) is 8.18. The van der Waals surface area contributed by atoms with Gasteiger partial charge in [-0.15, -0.1) is 0 Å². The van der Waals surface area contributed by atoms with Crippen LogP contribution in [0.5, 0.6) is 5.75 Å². The molecule has 3 heterocycles. The zero-order valence-electron chi connectivity index (χ0n) is 23.6. The number of hydrogen-bond donors (Lipinski definition) is 3. The molecule has 6 rings (SSSR count). The van der Waals surface area contributed by atoms with Crippen molar-refractivity contribution in [3.8, 4) is 5.75 Å². The zero-order chi connectivity index (χ0) is 27.7. The Kier molecular flexibility index (Phi) is 9.05. The molecule has 0 spiro atoms. The van der Waals surface area contributed by atoms with Gasteiger partial charge in [0.05, 0.1) is 24.1 Å². The highest BCUT2D eigenvalue weighted by Gasteiger charge is 2.21. The van der Waals surface area contributed by atoms with E-state index in [0.717, 1.165) is 74.8 Å². The van der Waals surface area contributed by atoms with E-state index in [9.17, 15) is 0 Å². The van der Waals surface area contributed by atoms with E-state index in [0.29, 0.717) is 5.92 Å². The molecule has 7 nitrogen and oxygen atoms in total. The average molecular weight is 549 g/mol. The van der Waals surface area contributed by atoms with Gasteiger partial charge in [-0.1, -0.05) is 48.5 Å². The monoisotopic (exact) mass is 548 g/mol. The molecule has 2 aliphatic heterocycles. The molecule has 3 N–H and O–H groups in total. The maximum absolute atomic E-state index is 6.26. The number of aliphatic imine (C=N–C) groups is 1. The smallest absolute Gasteiger partial charge is 0.121 e. The number of benzene rings is 3. The van der Waals surface area contributed by atoms with E-state index in [1.807, 2.05) is 12.3 Å². The third kappa shape index (κ3) is 7.23. The number of ether oxygens (including phenoxy) is 1. The van der Waals surface area contributed by atoms with Gasteiger partial charge in [0, 0.05) is 42.0 Å². The minimum absolute atomic E-state index is 0.0726. The highest BCUT2D eigenvalue weighted by Crippen LogP contribution is 2.31. The predicted octanol–water partition coefficient (Wildman–Crippen LogP) is 5.92. The first kappa shape index (κ1) is 27.2. The Bertz CT molecular complexity index is 1430. The molecule has 3 aromatic carbocycles. The fourth-order valence-electron chi connectivity index (χ4n) is 5.78. The Hall–Kier alpha value is -3.94. The zero-order valence-corrected chi connectivity index (χ0v) is 23.6. The molecular formula is C34H40N6O. The van der Waals surface area contributed by atoms with Gasteiger partial charge in [0.15, 0.2) is 0 Å². The molecule has 0 amide bonds. The number of para-hydroxylation sites is 1. The lowest BCUT2D eigenvalue weighted by Gasteiger charge is -2.32. The van der Waals surface area contributed by atoms with Crippen molar-refractivity contribution in [2.75, 3.05) is 44.6 Å². The summed E-state index contributed by atoms with van der Waals surface area (Å²) in [5.74, 6) is 1.49. The molecule has 41 heavy (non-hydrogen) atoms. The lowest BCUT2D eigenvalue weighted by atomic mass is 9.98. The van der Waals surface area contributed by atoms with Gasteiger partial charge in [-0.2, -0.15) is 0 Å². The Morgan fingerprint density at radius 3 is 2.68 bits per heavy atom. The van der Waals surface area contributed by atoms with E-state index in [1.165, 1.54) is 29.4 Å². The number of rotatable bonds is 12. The van der Waals surface area contributed by atoms with Crippen LogP contribution in [0.15, 0.2) is 90.1 Å². The van der Waals surface area contributed by atoms with Crippen molar-refractivity contribution in [3.63, 3.8) is 0 Å². The van der Waals surface area contributed by atoms with Crippen LogP contribution in [-0.2, 0) is 6.42 Å². The summed E-state index contributed by atoms with van der Waals surface area (Å²) >= 11 is 0. The van der Waals surface area contributed by atoms with Gasteiger partial charge < -0.3 is 20.3 Å². The van der Waals surface area contributed by atoms with E-state index in [4.69, 9.17) is 4.74 Å². The molecule has 1 fully saturated rings. The Balaban J connectivity index is 0.912. The third-order valence-corrected chi connectivity index (χ3v) is 8.18. The van der Waals surface area contributed by atoms with Crippen molar-refractivity contribution in [2.45, 2.75) is 31.8 Å². The molecule has 212 valence electrons. The van der Waals surface area contributed by atoms with Crippen LogP contribution < -0.4 is 20.7 Å². The largest absolute Gasteiger partial charge is 0.493 e. The summed E-state index contributed by atoms with van der Waals surface area (Å²) in [7, 11) is 0. The van der Waals surface area contributed by atoms with E-state index in [2.05, 4.69) is 104 Å². The first-order chi connectivity index (χ1) is 20.3. The summed E-state index contributed by atoms with van der Waals surface area (Å²) < 4.78 is 6.26. The fraction of sp³-hybridized carbons (Fsp3) is 0.353. The molecule has 7 heteroatoms. The summed E-state index contributed by atoms with van der Waals surface area (Å²) in [4.78, 5) is 11.6. The number of pyridine rings is 1. The highest BCUT2D eigenvalue weighted by molar-refractivity contribution is 5.90. The molecule has 1 saturated heterocycles. The Morgan fingerprint density at radius 2 is 1.78 bits per heavy atom. The molecule has 1 unspecified atom stereocenters. The maximum atomic E-state index is 6.26. The molecule has 0 bridgehead atoms. The van der Waals surface area contributed by atoms with Crippen LogP contribution in [0.25, 0.3) is 10.9 Å². The standard InChI is InChI=1S/C34H40N6O/c1-2-7-26(8-3-1)9-6-17-37-34-30-13-12-28(23-33(30)38-25-39-34)41-24-27-15-20-40(21-16-27)22-19-36-32-14-18-35-31-11-5-4-10-29(31)32/h1-5,7-8,10-14,18,23,25,27,34,37H,6,9,15-17,19-22,24H2,(H,35,36)(H,38,39). The van der Waals surface area contributed by atoms with Crippen molar-refractivity contribution in [1.82, 2.24) is 20.5 Å². The predicted molar refractivity (Wildman–Crippen MR) is 168 cm³/mol. The van der Waals surface area contributed by atoms with Crippen LogP contribution in [0.2, 0.25) is 0 Å². The lowest BCUT2D eigenvalue weighted by molar-refractivity contribution is 0.144. The first-order valence-corrected chi connectivity index (χ1v) is 14.9. The summed E-state index contributed by atoms with van der Waals surface area (Å²) in [6, 6.07) is 27.3. The van der Waals surface area contributed by atoms with Crippen molar-refractivity contribution in [3.05, 3.63) is 96.2 Å². The van der Waals surface area contributed by atoms with Crippen molar-refractivity contribution < 1.29 is 4.74 Å². The number of fused-ring (bicyclic) bond motifs is 2. The van der Waals surface area contributed by atoms with Gasteiger partial charge in [-0.25, -0.2) is 4.99 Å². The molecule has 0 saturated carbocycles. The minimum atomic E-state index is 0.0726. The number of aromatic nitrogens is 1. The average Bonchev–Trinajstić information content (AvgIpc) is 3.03. The van der Waals surface area contributed by atoms with Crippen LogP contribution >= 0.6 is 0 Å². The van der Waals surface area contributed by atoms with E-state index < -0.39 is 0 Å². The molecule has 1 aromatic heterocycles. The number of nitrogens with one attached hydrogen (secondary N) is 3. The summed E-state index contributed by atoms with van der Waals surface area (Å²) in [5, 5.41) is 11.8. The van der Waals surface area contributed by atoms with Gasteiger partial charge in [-0.05, 0) is 81.1 Å². The number of nitrogens with zero attached hydrogens (tertiary/aromatic N) is 3. The van der Waals surface area contributed by atoms with E-state index >= 15 is 0 Å². The number of likely N-dealkylation sites (tertiary alicyclic amines) is 1. The summed E-state index contributed by atoms with van der Waals surface area (Å²) in [5.41, 5.74) is 5.72. The molecule has 2 aliphatic rings. The molecule has 4 aromatic rings. The van der Waals surface area contributed by atoms with Crippen LogP contribution in [0, 0.1) is 5.92 Å². The quantitative estimate of drug-likeness (QED) is 0.191. The van der Waals surface area contributed by atoms with Gasteiger partial charge in [0.25, 0.3) is 0 Å². The Morgan fingerprint density at radius 1 is 0.927 bits per heavy atom. The van der Waals surface area contributed by atoms with Crippen LogP contribution in [0.3, 0.4) is 0 Å². The second-order valence-electron chi connectivity index (χ2n) is 11.0. The molecule has 1 atom stereocenters. The minimum Gasteiger partial charge on any atom is -0.493 e. The van der Waals surface area contributed by atoms with Gasteiger partial charge in [0.2, 0.25) is 0 Å². The lowest BCUT2D eigenvalue weighted by Crippen LogP contribution is -2.38. The number of aryl methyl sites for hydroxylation is 1. The van der Waals surface area contributed by atoms with Crippen molar-refractivity contribution in [2.24, 2.45) is 10.9 Å². The topological polar surface area (TPSA) is 73.8 Å². The summed E-state index contributed by atoms with van der Waals surface area (Å²) in [6.07, 6.45) is 8.25. The normalized spacial score (nSPS) is 17.2. The van der Waals surface area contributed by atoms with E-state index in [1.54, 1.807) is 6.34 Å². The molecule has 0 radical (unpaired) electrons. The SMILES string of the molecule is C1=Nc2cc(OCC3CCN(CCNc4ccnc5ccccc45)CC3)ccc2C(NCCCc2ccccc2)N1. The fourth-order valence-corrected chi connectivity index (χ4v) is 5.78. The Labute approximate surface area is 243 Å². The number of anilines is 1. The van der Waals surface area contributed by atoms with E-state index in [-0.39, 0.29) is 6.17 Å². The van der Waals surface area contributed by atoms with Gasteiger partial charge in [-0.3, -0.25) is 10.3 Å². The van der Waals surface area contributed by atoms with Crippen LogP contribution in [-0.4, -0.2) is 55.6 Å². The maximum Gasteiger partial charge on any atom is 0.121 e. The number of piperidine rings is 1. The molecular weight excluding hydrogens is 508 g/mol. The van der Waals surface area contributed by atoms with Gasteiger partial charge >= 0.3 is 0 Å². The second kappa shape index (κ2) is 13.6.